The Labute approximate surface area is 103 Å². The molecule has 0 aliphatic carbocycles. The van der Waals surface area contributed by atoms with Crippen LogP contribution in [0.2, 0.25) is 0 Å². The highest BCUT2D eigenvalue weighted by molar-refractivity contribution is 4.93. The quantitative estimate of drug-likeness (QED) is 0.631. The molecule has 16 heavy (non-hydrogen) atoms. The first-order chi connectivity index (χ1) is 6.98. The van der Waals surface area contributed by atoms with Crippen LogP contribution >= 0.6 is 0 Å². The molecule has 0 aromatic carbocycles. The molecule has 0 heterocycles. The van der Waals surface area contributed by atoms with Gasteiger partial charge in [-0.15, -0.1) is 6.58 Å². The van der Waals surface area contributed by atoms with E-state index >= 15 is 0 Å². The third kappa shape index (κ3) is 23.3. The van der Waals surface area contributed by atoms with Crippen molar-refractivity contribution in [1.29, 1.82) is 0 Å². The van der Waals surface area contributed by atoms with Gasteiger partial charge in [0.2, 0.25) is 0 Å². The Morgan fingerprint density at radius 2 is 1.31 bits per heavy atom. The smallest absolute Gasteiger partial charge is 0.0157 e. The Morgan fingerprint density at radius 3 is 1.50 bits per heavy atom. The van der Waals surface area contributed by atoms with Gasteiger partial charge in [0.05, 0.1) is 0 Å². The van der Waals surface area contributed by atoms with E-state index in [0.717, 1.165) is 6.54 Å². The van der Waals surface area contributed by atoms with Crippen LogP contribution in [0.3, 0.4) is 0 Å². The average molecular weight is 225 g/mol. The Kier molecular flexibility index (Phi) is 8.54. The lowest BCUT2D eigenvalue weighted by Crippen LogP contribution is -2.11. The van der Waals surface area contributed by atoms with Crippen molar-refractivity contribution in [3.05, 3.63) is 24.8 Å². The SMILES string of the molecule is C=CC(C)(C)C.CN(C)C/C=C/C(C)(C)C. The molecule has 0 atom stereocenters. The Hall–Kier alpha value is -0.560. The molecule has 0 unspecified atom stereocenters. The minimum absolute atomic E-state index is 0.306. The molecule has 0 bridgehead atoms. The van der Waals surface area contributed by atoms with E-state index in [0.29, 0.717) is 10.8 Å². The van der Waals surface area contributed by atoms with Crippen LogP contribution in [0.1, 0.15) is 41.5 Å². The minimum Gasteiger partial charge on any atom is -0.306 e. The predicted octanol–water partition coefficient (Wildman–Crippen LogP) is 4.37. The number of likely N-dealkylation sites (N-methyl/N-ethyl adjacent to an activating group) is 1. The van der Waals surface area contributed by atoms with Crippen LogP contribution in [0, 0.1) is 10.8 Å². The molecule has 0 radical (unpaired) electrons. The second-order valence-corrected chi connectivity index (χ2v) is 6.60. The molecular formula is C15H31N. The van der Waals surface area contributed by atoms with E-state index < -0.39 is 0 Å². The fourth-order valence-electron chi connectivity index (χ4n) is 0.617. The van der Waals surface area contributed by atoms with Crippen LogP contribution in [0.15, 0.2) is 24.8 Å². The predicted molar refractivity (Wildman–Crippen MR) is 76.8 cm³/mol. The van der Waals surface area contributed by atoms with Gasteiger partial charge < -0.3 is 4.90 Å². The van der Waals surface area contributed by atoms with Gasteiger partial charge in [0.15, 0.2) is 0 Å². The molecule has 1 heteroatoms. The molecular weight excluding hydrogens is 194 g/mol. The molecule has 0 aromatic rings. The van der Waals surface area contributed by atoms with Crippen molar-refractivity contribution in [2.75, 3.05) is 20.6 Å². The van der Waals surface area contributed by atoms with E-state index in [-0.39, 0.29) is 0 Å². The molecule has 0 aliphatic rings. The van der Waals surface area contributed by atoms with E-state index in [1.807, 2.05) is 6.08 Å². The van der Waals surface area contributed by atoms with Crippen LogP contribution in [0.5, 0.6) is 0 Å². The lowest BCUT2D eigenvalue weighted by molar-refractivity contribution is 0.451. The molecule has 96 valence electrons. The van der Waals surface area contributed by atoms with Crippen molar-refractivity contribution in [1.82, 2.24) is 4.90 Å². The summed E-state index contributed by atoms with van der Waals surface area (Å²) in [5.41, 5.74) is 0.635. The van der Waals surface area contributed by atoms with E-state index in [2.05, 4.69) is 79.3 Å². The molecule has 0 amide bonds. The van der Waals surface area contributed by atoms with Crippen LogP contribution in [0.4, 0.5) is 0 Å². The van der Waals surface area contributed by atoms with E-state index in [1.165, 1.54) is 0 Å². The van der Waals surface area contributed by atoms with Gasteiger partial charge in [-0.25, -0.2) is 0 Å². The van der Waals surface area contributed by atoms with Gasteiger partial charge in [0.25, 0.3) is 0 Å². The van der Waals surface area contributed by atoms with Crippen molar-refractivity contribution in [2.24, 2.45) is 10.8 Å². The normalized spacial score (nSPS) is 12.6. The van der Waals surface area contributed by atoms with Crippen molar-refractivity contribution >= 4 is 0 Å². The van der Waals surface area contributed by atoms with Gasteiger partial charge in [-0.1, -0.05) is 59.8 Å². The monoisotopic (exact) mass is 225 g/mol. The summed E-state index contributed by atoms with van der Waals surface area (Å²) < 4.78 is 0. The first kappa shape index (κ1) is 17.8. The van der Waals surface area contributed by atoms with Gasteiger partial charge in [-0.3, -0.25) is 0 Å². The first-order valence-corrected chi connectivity index (χ1v) is 5.94. The van der Waals surface area contributed by atoms with Crippen molar-refractivity contribution in [2.45, 2.75) is 41.5 Å². The summed E-state index contributed by atoms with van der Waals surface area (Å²) in [6.07, 6.45) is 6.39. The fourth-order valence-corrected chi connectivity index (χ4v) is 0.617. The summed E-state index contributed by atoms with van der Waals surface area (Å²) in [7, 11) is 4.15. The second kappa shape index (κ2) is 7.67. The standard InChI is InChI=1S/C9H19N.C6H12/c1-9(2,3)7-6-8-10(4)5;1-5-6(2,3)4/h6-7H,8H2,1-5H3;5H,1H2,2-4H3/b7-6+;. The molecule has 0 saturated carbocycles. The molecule has 0 aliphatic heterocycles. The summed E-state index contributed by atoms with van der Waals surface area (Å²) >= 11 is 0. The van der Waals surface area contributed by atoms with Crippen molar-refractivity contribution in [3.8, 4) is 0 Å². The Bertz CT molecular complexity index is 198. The average Bonchev–Trinajstić information content (AvgIpc) is 2.00. The lowest BCUT2D eigenvalue weighted by atomic mass is 9.96. The highest BCUT2D eigenvalue weighted by Gasteiger charge is 2.02. The summed E-state index contributed by atoms with van der Waals surface area (Å²) in [6, 6.07) is 0. The van der Waals surface area contributed by atoms with Gasteiger partial charge in [0.1, 0.15) is 0 Å². The molecule has 0 N–H and O–H groups in total. The summed E-state index contributed by atoms with van der Waals surface area (Å²) in [4.78, 5) is 2.15. The number of hydrogen-bond acceptors (Lipinski definition) is 1. The third-order valence-corrected chi connectivity index (χ3v) is 1.70. The van der Waals surface area contributed by atoms with Gasteiger partial charge in [0, 0.05) is 6.54 Å². The van der Waals surface area contributed by atoms with E-state index in [1.54, 1.807) is 0 Å². The van der Waals surface area contributed by atoms with Gasteiger partial charge in [-0.2, -0.15) is 0 Å². The lowest BCUT2D eigenvalue weighted by Gasteiger charge is -2.12. The van der Waals surface area contributed by atoms with Crippen LogP contribution in [-0.4, -0.2) is 25.5 Å². The first-order valence-electron chi connectivity index (χ1n) is 5.94. The number of allylic oxidation sites excluding steroid dienone is 2. The van der Waals surface area contributed by atoms with E-state index in [9.17, 15) is 0 Å². The zero-order valence-electron chi connectivity index (χ0n) is 12.6. The molecule has 0 saturated heterocycles. The number of rotatable bonds is 2. The highest BCUT2D eigenvalue weighted by atomic mass is 15.0. The number of nitrogens with zero attached hydrogens (tertiary/aromatic N) is 1. The fraction of sp³-hybridized carbons (Fsp3) is 0.733. The minimum atomic E-state index is 0.306. The number of hydrogen-bond donors (Lipinski definition) is 0. The molecule has 1 nitrogen and oxygen atoms in total. The van der Waals surface area contributed by atoms with Crippen molar-refractivity contribution in [3.63, 3.8) is 0 Å². The zero-order valence-corrected chi connectivity index (χ0v) is 12.6. The highest BCUT2D eigenvalue weighted by Crippen LogP contribution is 2.13. The van der Waals surface area contributed by atoms with Crippen LogP contribution in [0.25, 0.3) is 0 Å². The van der Waals surface area contributed by atoms with Crippen LogP contribution < -0.4 is 0 Å². The van der Waals surface area contributed by atoms with Crippen LogP contribution in [-0.2, 0) is 0 Å². The Morgan fingerprint density at radius 1 is 0.938 bits per heavy atom. The maximum atomic E-state index is 3.63. The molecule has 0 spiro atoms. The third-order valence-electron chi connectivity index (χ3n) is 1.70. The maximum absolute atomic E-state index is 3.63. The zero-order chi connectivity index (χ0) is 13.4. The Balaban J connectivity index is 0. The summed E-state index contributed by atoms with van der Waals surface area (Å²) in [5, 5.41) is 0. The molecule has 0 aromatic heterocycles. The molecule has 0 fully saturated rings. The summed E-state index contributed by atoms with van der Waals surface area (Å²) in [6.45, 7) is 17.7. The van der Waals surface area contributed by atoms with E-state index in [4.69, 9.17) is 0 Å². The molecule has 0 rings (SSSR count). The summed E-state index contributed by atoms with van der Waals surface area (Å²) in [5.74, 6) is 0. The van der Waals surface area contributed by atoms with Gasteiger partial charge in [-0.05, 0) is 24.9 Å². The largest absolute Gasteiger partial charge is 0.306 e. The van der Waals surface area contributed by atoms with Crippen molar-refractivity contribution < 1.29 is 0 Å². The second-order valence-electron chi connectivity index (χ2n) is 6.60. The topological polar surface area (TPSA) is 3.24 Å². The maximum Gasteiger partial charge on any atom is 0.0157 e. The van der Waals surface area contributed by atoms with Gasteiger partial charge >= 0.3 is 0 Å².